The van der Waals surface area contributed by atoms with E-state index in [-0.39, 0.29) is 17.1 Å². The van der Waals surface area contributed by atoms with Crippen LogP contribution in [0.3, 0.4) is 0 Å². The Kier molecular flexibility index (Phi) is 4.81. The molecular weight excluding hydrogens is 364 g/mol. The molecule has 0 radical (unpaired) electrons. The van der Waals surface area contributed by atoms with Crippen molar-refractivity contribution < 1.29 is 19.4 Å². The molecule has 0 bridgehead atoms. The van der Waals surface area contributed by atoms with E-state index in [1.807, 2.05) is 6.08 Å². The Labute approximate surface area is 175 Å². The van der Waals surface area contributed by atoms with E-state index in [1.165, 1.54) is 18.4 Å². The number of hydrogen-bond acceptors (Lipinski definition) is 4. The van der Waals surface area contributed by atoms with Crippen molar-refractivity contribution in [3.05, 3.63) is 11.6 Å². The van der Waals surface area contributed by atoms with E-state index in [0.29, 0.717) is 49.1 Å². The Morgan fingerprint density at radius 1 is 1.14 bits per heavy atom. The lowest BCUT2D eigenvalue weighted by molar-refractivity contribution is -0.144. The Hall–Kier alpha value is -0.710. The molecule has 5 rings (SSSR count). The molecule has 29 heavy (non-hydrogen) atoms. The minimum Gasteiger partial charge on any atom is -0.389 e. The first-order valence-corrected chi connectivity index (χ1v) is 12.0. The van der Waals surface area contributed by atoms with Crippen LogP contribution in [-0.4, -0.2) is 36.0 Å². The molecule has 1 heterocycles. The maximum Gasteiger partial charge on any atom is 0.157 e. The fourth-order valence-electron chi connectivity index (χ4n) is 8.61. The highest BCUT2D eigenvalue weighted by atomic mass is 16.7. The van der Waals surface area contributed by atoms with E-state index in [2.05, 4.69) is 20.8 Å². The second-order valence-electron chi connectivity index (χ2n) is 11.3. The molecule has 4 heteroatoms. The number of hydrogen-bond donors (Lipinski definition) is 1. The summed E-state index contributed by atoms with van der Waals surface area (Å²) in [7, 11) is 0. The Morgan fingerprint density at radius 3 is 2.66 bits per heavy atom. The third-order valence-corrected chi connectivity index (χ3v) is 10.0. The van der Waals surface area contributed by atoms with Crippen molar-refractivity contribution in [3.63, 3.8) is 0 Å². The fourth-order valence-corrected chi connectivity index (χ4v) is 8.61. The van der Waals surface area contributed by atoms with Gasteiger partial charge in [-0.25, -0.2) is 0 Å². The van der Waals surface area contributed by atoms with E-state index in [0.717, 1.165) is 38.5 Å². The monoisotopic (exact) mass is 402 g/mol. The SMILES string of the molecule is CC1CC(O)(CCC2OCCO2)C2(C)CCC3C(CCC4=CC(=O)CCC43C)C12. The van der Waals surface area contributed by atoms with E-state index in [9.17, 15) is 9.90 Å². The van der Waals surface area contributed by atoms with Gasteiger partial charge in [-0.05, 0) is 85.5 Å². The first-order valence-electron chi connectivity index (χ1n) is 12.0. The third-order valence-electron chi connectivity index (χ3n) is 10.0. The van der Waals surface area contributed by atoms with E-state index < -0.39 is 5.60 Å². The number of aliphatic hydroxyl groups is 1. The Morgan fingerprint density at radius 2 is 1.90 bits per heavy atom. The van der Waals surface area contributed by atoms with Gasteiger partial charge in [0.2, 0.25) is 0 Å². The average molecular weight is 403 g/mol. The van der Waals surface area contributed by atoms with Gasteiger partial charge in [-0.1, -0.05) is 26.3 Å². The van der Waals surface area contributed by atoms with E-state index in [4.69, 9.17) is 9.47 Å². The van der Waals surface area contributed by atoms with Crippen molar-refractivity contribution in [2.45, 2.75) is 90.4 Å². The molecule has 0 aromatic rings. The molecule has 162 valence electrons. The van der Waals surface area contributed by atoms with Crippen LogP contribution >= 0.6 is 0 Å². The highest BCUT2D eigenvalue weighted by Crippen LogP contribution is 2.69. The van der Waals surface area contributed by atoms with Crippen molar-refractivity contribution >= 4 is 5.78 Å². The Bertz CT molecular complexity index is 710. The maximum absolute atomic E-state index is 12.0. The molecule has 0 spiro atoms. The maximum atomic E-state index is 12.0. The lowest BCUT2D eigenvalue weighted by Crippen LogP contribution is -2.55. The number of rotatable bonds is 3. The van der Waals surface area contributed by atoms with Gasteiger partial charge >= 0.3 is 0 Å². The van der Waals surface area contributed by atoms with Gasteiger partial charge in [-0.15, -0.1) is 0 Å². The molecule has 3 saturated carbocycles. The quantitative estimate of drug-likeness (QED) is 0.747. The minimum atomic E-state index is -0.614. The molecule has 1 saturated heterocycles. The van der Waals surface area contributed by atoms with Gasteiger partial charge in [-0.2, -0.15) is 0 Å². The second-order valence-corrected chi connectivity index (χ2v) is 11.3. The first-order chi connectivity index (χ1) is 13.8. The van der Waals surface area contributed by atoms with Crippen LogP contribution in [0.25, 0.3) is 0 Å². The summed E-state index contributed by atoms with van der Waals surface area (Å²) in [6.45, 7) is 8.56. The van der Waals surface area contributed by atoms with Crippen molar-refractivity contribution in [2.75, 3.05) is 13.2 Å². The predicted octanol–water partition coefficient (Wildman–Crippen LogP) is 4.65. The van der Waals surface area contributed by atoms with Gasteiger partial charge in [-0.3, -0.25) is 4.79 Å². The first kappa shape index (κ1) is 20.2. The number of ketones is 1. The predicted molar refractivity (Wildman–Crippen MR) is 111 cm³/mol. The van der Waals surface area contributed by atoms with Crippen LogP contribution in [0.5, 0.6) is 0 Å². The lowest BCUT2D eigenvalue weighted by Gasteiger charge is -2.59. The summed E-state index contributed by atoms with van der Waals surface area (Å²) in [6, 6.07) is 0. The van der Waals surface area contributed by atoms with E-state index >= 15 is 0 Å². The second kappa shape index (κ2) is 6.90. The van der Waals surface area contributed by atoms with Gasteiger partial charge < -0.3 is 14.6 Å². The van der Waals surface area contributed by atoms with Crippen LogP contribution in [0, 0.1) is 34.5 Å². The van der Waals surface area contributed by atoms with E-state index in [1.54, 1.807) is 0 Å². The molecule has 7 atom stereocenters. The van der Waals surface area contributed by atoms with Crippen LogP contribution in [0.4, 0.5) is 0 Å². The topological polar surface area (TPSA) is 55.8 Å². The Balaban J connectivity index is 1.40. The van der Waals surface area contributed by atoms with Gasteiger partial charge in [0, 0.05) is 12.8 Å². The molecule has 1 N–H and O–H groups in total. The number of fused-ring (bicyclic) bond motifs is 5. The summed E-state index contributed by atoms with van der Waals surface area (Å²) < 4.78 is 11.3. The van der Waals surface area contributed by atoms with Crippen molar-refractivity contribution in [1.82, 2.24) is 0 Å². The zero-order valence-corrected chi connectivity index (χ0v) is 18.4. The molecule has 0 amide bonds. The van der Waals surface area contributed by atoms with Crippen LogP contribution in [0.15, 0.2) is 11.6 Å². The summed E-state index contributed by atoms with van der Waals surface area (Å²) >= 11 is 0. The van der Waals surface area contributed by atoms with Crippen LogP contribution < -0.4 is 0 Å². The van der Waals surface area contributed by atoms with Crippen LogP contribution in [0.1, 0.15) is 78.6 Å². The van der Waals surface area contributed by atoms with Crippen LogP contribution in [0.2, 0.25) is 0 Å². The highest BCUT2D eigenvalue weighted by molar-refractivity contribution is 5.91. The summed E-state index contributed by atoms with van der Waals surface area (Å²) in [6.07, 6.45) is 10.6. The van der Waals surface area contributed by atoms with Crippen molar-refractivity contribution in [2.24, 2.45) is 34.5 Å². The molecule has 5 aliphatic rings. The van der Waals surface area contributed by atoms with Gasteiger partial charge in [0.05, 0.1) is 18.8 Å². The van der Waals surface area contributed by atoms with Gasteiger partial charge in [0.1, 0.15) is 0 Å². The molecular formula is C25H38O4. The summed E-state index contributed by atoms with van der Waals surface area (Å²) in [5.41, 5.74) is 0.991. The number of carbonyl (C=O) groups is 1. The summed E-state index contributed by atoms with van der Waals surface area (Å²) in [4.78, 5) is 12.0. The molecule has 4 fully saturated rings. The standard InChI is InChI=1S/C25H38O4/c1-16-15-25(27,11-8-21-28-12-13-29-21)24(3)10-7-20-19(22(16)24)5-4-17-14-18(26)6-9-23(17,20)2/h14,16,19-22,27H,4-13,15H2,1-3H3. The molecule has 1 aliphatic heterocycles. The molecule has 0 aromatic carbocycles. The third kappa shape index (κ3) is 2.92. The molecule has 4 aliphatic carbocycles. The lowest BCUT2D eigenvalue weighted by atomic mass is 9.45. The molecule has 7 unspecified atom stereocenters. The number of allylic oxidation sites excluding steroid dienone is 1. The largest absolute Gasteiger partial charge is 0.389 e. The molecule has 4 nitrogen and oxygen atoms in total. The number of carbonyl (C=O) groups excluding carboxylic acids is 1. The van der Waals surface area contributed by atoms with Gasteiger partial charge in [0.25, 0.3) is 0 Å². The average Bonchev–Trinajstić information content (AvgIpc) is 3.26. The summed E-state index contributed by atoms with van der Waals surface area (Å²) in [5.74, 6) is 2.79. The number of ether oxygens (including phenoxy) is 2. The highest BCUT2D eigenvalue weighted by Gasteiger charge is 2.65. The van der Waals surface area contributed by atoms with Crippen molar-refractivity contribution in [1.29, 1.82) is 0 Å². The van der Waals surface area contributed by atoms with Gasteiger partial charge in [0.15, 0.2) is 12.1 Å². The smallest absolute Gasteiger partial charge is 0.157 e. The van der Waals surface area contributed by atoms with Crippen LogP contribution in [-0.2, 0) is 14.3 Å². The molecule has 0 aromatic heterocycles. The fraction of sp³-hybridized carbons (Fsp3) is 0.880. The normalized spacial score (nSPS) is 50.1. The van der Waals surface area contributed by atoms with Crippen molar-refractivity contribution in [3.8, 4) is 0 Å². The zero-order valence-electron chi connectivity index (χ0n) is 18.4. The minimum absolute atomic E-state index is 0.0196. The summed E-state index contributed by atoms with van der Waals surface area (Å²) in [5, 5.41) is 11.9. The zero-order chi connectivity index (χ0) is 20.4.